The van der Waals surface area contributed by atoms with Crippen LogP contribution in [0.2, 0.25) is 5.02 Å². The van der Waals surface area contributed by atoms with Crippen molar-refractivity contribution in [3.63, 3.8) is 0 Å². The van der Waals surface area contributed by atoms with Gasteiger partial charge in [0.25, 0.3) is 0 Å². The van der Waals surface area contributed by atoms with Crippen LogP contribution < -0.4 is 5.32 Å². The largest absolute Gasteiger partial charge is 0.508 e. The van der Waals surface area contributed by atoms with Crippen LogP contribution in [0, 0.1) is 5.41 Å². The molecular formula is C27H29ClN2O2. The summed E-state index contributed by atoms with van der Waals surface area (Å²) in [7, 11) is 0. The number of anilines is 1. The van der Waals surface area contributed by atoms with Gasteiger partial charge in [-0.2, -0.15) is 0 Å². The van der Waals surface area contributed by atoms with Crippen LogP contribution in [0.3, 0.4) is 0 Å². The highest BCUT2D eigenvalue weighted by atomic mass is 35.5. The molecule has 4 rings (SSSR count). The molecular weight excluding hydrogens is 420 g/mol. The molecule has 0 saturated carbocycles. The number of nitrogens with zero attached hydrogens (tertiary/aromatic N) is 1. The Bertz CT molecular complexity index is 1090. The predicted octanol–water partition coefficient (Wildman–Crippen LogP) is 6.50. The van der Waals surface area contributed by atoms with Gasteiger partial charge in [-0.25, -0.2) is 0 Å². The molecule has 1 unspecified atom stereocenters. The Kier molecular flexibility index (Phi) is 7.37. The van der Waals surface area contributed by atoms with E-state index in [0.717, 1.165) is 16.7 Å². The molecule has 1 amide bonds. The molecule has 0 spiro atoms. The van der Waals surface area contributed by atoms with Gasteiger partial charge in [0.15, 0.2) is 0 Å². The minimum atomic E-state index is -0.567. The zero-order chi connectivity index (χ0) is 23.3. The number of aliphatic imine (C=N–C) groups is 1. The van der Waals surface area contributed by atoms with Gasteiger partial charge in [-0.1, -0.05) is 69.6 Å². The van der Waals surface area contributed by atoms with Gasteiger partial charge in [0.1, 0.15) is 11.8 Å². The van der Waals surface area contributed by atoms with Gasteiger partial charge in [0, 0.05) is 22.6 Å². The standard InChI is InChI=1S/C22H17ClN2O2.C5H12/c23-16-8-11-19-18(13-16)21(15-6-9-17(26)10-7-15)24-20(22(27)25-19)12-14-4-2-1-3-5-14;1-5(2,3)4/h1-11,13,20,26H,12H2,(H,25,27);1-4H3. The summed E-state index contributed by atoms with van der Waals surface area (Å²) < 4.78 is 0. The highest BCUT2D eigenvalue weighted by Gasteiger charge is 2.26. The van der Waals surface area contributed by atoms with Crippen molar-refractivity contribution in [2.75, 3.05) is 5.32 Å². The SMILES string of the molecule is CC(C)(C)C.O=C1Nc2ccc(Cl)cc2C(c2ccc(O)cc2)=NC1Cc1ccccc1. The normalized spacial score (nSPS) is 15.5. The lowest BCUT2D eigenvalue weighted by molar-refractivity contribution is -0.117. The van der Waals surface area contributed by atoms with E-state index in [2.05, 4.69) is 33.0 Å². The number of amides is 1. The number of phenolic OH excluding ortho intramolecular Hbond substituents is 1. The number of halogens is 1. The van der Waals surface area contributed by atoms with Crippen LogP contribution in [0.5, 0.6) is 5.75 Å². The molecule has 1 aliphatic heterocycles. The average molecular weight is 449 g/mol. The average Bonchev–Trinajstić information content (AvgIpc) is 2.85. The third kappa shape index (κ3) is 6.69. The summed E-state index contributed by atoms with van der Waals surface area (Å²) in [5.41, 5.74) is 4.46. The number of phenols is 1. The number of nitrogens with one attached hydrogen (secondary N) is 1. The zero-order valence-corrected chi connectivity index (χ0v) is 19.6. The van der Waals surface area contributed by atoms with Gasteiger partial charge in [-0.15, -0.1) is 0 Å². The van der Waals surface area contributed by atoms with Crippen molar-refractivity contribution in [2.45, 2.75) is 40.2 Å². The lowest BCUT2D eigenvalue weighted by Gasteiger charge is -2.11. The number of benzodiazepines with no additional fused rings is 1. The number of rotatable bonds is 3. The van der Waals surface area contributed by atoms with E-state index < -0.39 is 6.04 Å². The lowest BCUT2D eigenvalue weighted by atomic mass is 10.00. The minimum absolute atomic E-state index is 0.156. The topological polar surface area (TPSA) is 61.7 Å². The highest BCUT2D eigenvalue weighted by molar-refractivity contribution is 6.32. The van der Waals surface area contributed by atoms with E-state index in [1.807, 2.05) is 30.3 Å². The summed E-state index contributed by atoms with van der Waals surface area (Å²) in [5, 5.41) is 13.1. The molecule has 32 heavy (non-hydrogen) atoms. The van der Waals surface area contributed by atoms with E-state index in [4.69, 9.17) is 16.6 Å². The van der Waals surface area contributed by atoms with Gasteiger partial charge < -0.3 is 10.4 Å². The van der Waals surface area contributed by atoms with Crippen molar-refractivity contribution in [3.8, 4) is 5.75 Å². The lowest BCUT2D eigenvalue weighted by Crippen LogP contribution is -2.27. The van der Waals surface area contributed by atoms with Crippen molar-refractivity contribution in [1.82, 2.24) is 0 Å². The van der Waals surface area contributed by atoms with Crippen LogP contribution in [-0.2, 0) is 11.2 Å². The van der Waals surface area contributed by atoms with Crippen LogP contribution in [-0.4, -0.2) is 22.8 Å². The quantitative estimate of drug-likeness (QED) is 0.480. The van der Waals surface area contributed by atoms with Crippen molar-refractivity contribution >= 4 is 28.9 Å². The summed E-state index contributed by atoms with van der Waals surface area (Å²) in [4.78, 5) is 17.6. The third-order valence-corrected chi connectivity index (χ3v) is 4.73. The van der Waals surface area contributed by atoms with Gasteiger partial charge in [0.2, 0.25) is 5.91 Å². The van der Waals surface area contributed by atoms with Crippen molar-refractivity contribution < 1.29 is 9.90 Å². The summed E-state index contributed by atoms with van der Waals surface area (Å²) in [6.45, 7) is 8.75. The molecule has 1 aliphatic rings. The molecule has 3 aromatic carbocycles. The van der Waals surface area contributed by atoms with Crippen molar-refractivity contribution in [3.05, 3.63) is 94.5 Å². The first kappa shape index (κ1) is 23.6. The van der Waals surface area contributed by atoms with Gasteiger partial charge in [-0.05, 0) is 53.4 Å². The molecule has 3 aromatic rings. The third-order valence-electron chi connectivity index (χ3n) is 4.49. The number of benzene rings is 3. The fourth-order valence-electron chi connectivity index (χ4n) is 3.15. The first-order valence-electron chi connectivity index (χ1n) is 10.6. The number of hydrogen-bond donors (Lipinski definition) is 2. The van der Waals surface area contributed by atoms with Crippen molar-refractivity contribution in [1.29, 1.82) is 0 Å². The Morgan fingerprint density at radius 2 is 1.59 bits per heavy atom. The second-order valence-corrected chi connectivity index (χ2v) is 9.85. The van der Waals surface area contributed by atoms with Crippen LogP contribution in [0.4, 0.5) is 5.69 Å². The van der Waals surface area contributed by atoms with Crippen molar-refractivity contribution in [2.24, 2.45) is 10.4 Å². The summed E-state index contributed by atoms with van der Waals surface area (Å²) >= 11 is 6.20. The van der Waals surface area contributed by atoms with E-state index in [0.29, 0.717) is 28.3 Å². The molecule has 0 radical (unpaired) electrons. The molecule has 1 heterocycles. The van der Waals surface area contributed by atoms with Crippen LogP contribution >= 0.6 is 11.6 Å². The Balaban J connectivity index is 0.000000523. The van der Waals surface area contributed by atoms with Gasteiger partial charge in [0.05, 0.1) is 11.4 Å². The molecule has 0 fully saturated rings. The summed E-state index contributed by atoms with van der Waals surface area (Å²) in [6.07, 6.45) is 0.496. The van der Waals surface area contributed by atoms with Crippen LogP contribution in [0.1, 0.15) is 44.4 Å². The molecule has 2 N–H and O–H groups in total. The molecule has 166 valence electrons. The Morgan fingerprint density at radius 1 is 0.969 bits per heavy atom. The molecule has 0 saturated heterocycles. The first-order chi connectivity index (χ1) is 15.1. The predicted molar refractivity (Wildman–Crippen MR) is 133 cm³/mol. The second kappa shape index (κ2) is 10.0. The van der Waals surface area contributed by atoms with Crippen LogP contribution in [0.15, 0.2) is 77.8 Å². The van der Waals surface area contributed by atoms with Gasteiger partial charge >= 0.3 is 0 Å². The smallest absolute Gasteiger partial charge is 0.249 e. The maximum absolute atomic E-state index is 12.8. The van der Waals surface area contributed by atoms with E-state index >= 15 is 0 Å². The molecule has 1 atom stereocenters. The fourth-order valence-corrected chi connectivity index (χ4v) is 3.32. The number of hydrogen-bond acceptors (Lipinski definition) is 3. The van der Waals surface area contributed by atoms with E-state index in [1.54, 1.807) is 42.5 Å². The summed E-state index contributed by atoms with van der Waals surface area (Å²) in [6, 6.07) is 21.4. The maximum Gasteiger partial charge on any atom is 0.249 e. The molecule has 4 nitrogen and oxygen atoms in total. The Labute approximate surface area is 195 Å². The molecule has 0 aliphatic carbocycles. The van der Waals surface area contributed by atoms with E-state index in [1.165, 1.54) is 0 Å². The summed E-state index contributed by atoms with van der Waals surface area (Å²) in [5.74, 6) is 0.0190. The second-order valence-electron chi connectivity index (χ2n) is 9.41. The number of carbonyl (C=O) groups excluding carboxylic acids is 1. The highest BCUT2D eigenvalue weighted by Crippen LogP contribution is 2.28. The monoisotopic (exact) mass is 448 g/mol. The minimum Gasteiger partial charge on any atom is -0.508 e. The van der Waals surface area contributed by atoms with Gasteiger partial charge in [-0.3, -0.25) is 9.79 Å². The van der Waals surface area contributed by atoms with Crippen LogP contribution in [0.25, 0.3) is 0 Å². The molecule has 5 heteroatoms. The Hall–Kier alpha value is -3.11. The molecule has 0 bridgehead atoms. The Morgan fingerprint density at radius 3 is 2.22 bits per heavy atom. The maximum atomic E-state index is 12.8. The number of carbonyl (C=O) groups is 1. The van der Waals surface area contributed by atoms with E-state index in [-0.39, 0.29) is 11.7 Å². The number of aromatic hydroxyl groups is 1. The fraction of sp³-hybridized carbons (Fsp3) is 0.259. The first-order valence-corrected chi connectivity index (χ1v) is 11.0. The zero-order valence-electron chi connectivity index (χ0n) is 18.9. The molecule has 0 aromatic heterocycles. The van der Waals surface area contributed by atoms with E-state index in [9.17, 15) is 9.90 Å². The number of fused-ring (bicyclic) bond motifs is 1.